The van der Waals surface area contributed by atoms with E-state index in [0.29, 0.717) is 13.2 Å². The second-order valence-corrected chi connectivity index (χ2v) is 2.48. The SMILES string of the molecule is Cc1ccc(OCC#CCN)cn1. The van der Waals surface area contributed by atoms with Crippen molar-refractivity contribution in [1.29, 1.82) is 0 Å². The molecule has 0 aliphatic heterocycles. The molecule has 0 saturated carbocycles. The van der Waals surface area contributed by atoms with E-state index in [2.05, 4.69) is 16.8 Å². The summed E-state index contributed by atoms with van der Waals surface area (Å²) in [4.78, 5) is 4.08. The number of nitrogens with two attached hydrogens (primary N) is 1. The Labute approximate surface area is 77.9 Å². The normalized spacial score (nSPS) is 8.77. The molecular weight excluding hydrogens is 164 g/mol. The highest BCUT2D eigenvalue weighted by atomic mass is 16.5. The number of ether oxygens (including phenoxy) is 1. The van der Waals surface area contributed by atoms with Crippen molar-refractivity contribution < 1.29 is 4.74 Å². The van der Waals surface area contributed by atoms with Crippen LogP contribution < -0.4 is 10.5 Å². The van der Waals surface area contributed by atoms with E-state index in [1.54, 1.807) is 6.20 Å². The molecule has 68 valence electrons. The summed E-state index contributed by atoms with van der Waals surface area (Å²) in [6.07, 6.45) is 1.68. The Morgan fingerprint density at radius 2 is 2.31 bits per heavy atom. The summed E-state index contributed by atoms with van der Waals surface area (Å²) in [5.41, 5.74) is 6.16. The van der Waals surface area contributed by atoms with Crippen molar-refractivity contribution >= 4 is 0 Å². The van der Waals surface area contributed by atoms with Gasteiger partial charge in [-0.05, 0) is 19.1 Å². The zero-order valence-corrected chi connectivity index (χ0v) is 7.58. The number of hydrogen-bond donors (Lipinski definition) is 1. The summed E-state index contributed by atoms with van der Waals surface area (Å²) < 4.78 is 5.27. The molecular formula is C10H12N2O. The summed E-state index contributed by atoms with van der Waals surface area (Å²) >= 11 is 0. The molecule has 3 heteroatoms. The van der Waals surface area contributed by atoms with Crippen molar-refractivity contribution in [3.05, 3.63) is 24.0 Å². The van der Waals surface area contributed by atoms with Crippen LogP contribution in [0.2, 0.25) is 0 Å². The van der Waals surface area contributed by atoms with E-state index in [4.69, 9.17) is 10.5 Å². The Hall–Kier alpha value is -1.53. The lowest BCUT2D eigenvalue weighted by molar-refractivity contribution is 0.368. The topological polar surface area (TPSA) is 48.1 Å². The lowest BCUT2D eigenvalue weighted by atomic mass is 10.4. The van der Waals surface area contributed by atoms with Crippen LogP contribution in [-0.2, 0) is 0 Å². The van der Waals surface area contributed by atoms with E-state index in [1.807, 2.05) is 19.1 Å². The minimum Gasteiger partial charge on any atom is -0.479 e. The zero-order chi connectivity index (χ0) is 9.52. The van der Waals surface area contributed by atoms with E-state index in [1.165, 1.54) is 0 Å². The van der Waals surface area contributed by atoms with Gasteiger partial charge in [0.05, 0.1) is 12.7 Å². The molecule has 2 N–H and O–H groups in total. The lowest BCUT2D eigenvalue weighted by Gasteiger charge is -2.00. The molecule has 0 aromatic carbocycles. The Morgan fingerprint density at radius 1 is 1.46 bits per heavy atom. The van der Waals surface area contributed by atoms with E-state index >= 15 is 0 Å². The Balaban J connectivity index is 2.41. The van der Waals surface area contributed by atoms with E-state index < -0.39 is 0 Å². The van der Waals surface area contributed by atoms with Crippen LogP contribution in [0.25, 0.3) is 0 Å². The monoisotopic (exact) mass is 176 g/mol. The van der Waals surface area contributed by atoms with Gasteiger partial charge in [-0.3, -0.25) is 4.98 Å². The first-order chi connectivity index (χ1) is 6.33. The first-order valence-electron chi connectivity index (χ1n) is 4.04. The third kappa shape index (κ3) is 3.59. The summed E-state index contributed by atoms with van der Waals surface area (Å²) in [6, 6.07) is 3.76. The Morgan fingerprint density at radius 3 is 2.92 bits per heavy atom. The first kappa shape index (κ1) is 9.56. The molecule has 0 fully saturated rings. The summed E-state index contributed by atoms with van der Waals surface area (Å²) in [7, 11) is 0. The molecule has 1 heterocycles. The van der Waals surface area contributed by atoms with Gasteiger partial charge in [0.1, 0.15) is 12.4 Å². The predicted octanol–water partition coefficient (Wildman–Crippen LogP) is 0.731. The number of pyridine rings is 1. The number of aromatic nitrogens is 1. The van der Waals surface area contributed by atoms with Gasteiger partial charge < -0.3 is 10.5 Å². The van der Waals surface area contributed by atoms with Crippen LogP contribution in [0.1, 0.15) is 5.69 Å². The van der Waals surface area contributed by atoms with Crippen LogP contribution in [-0.4, -0.2) is 18.1 Å². The second kappa shape index (κ2) is 5.18. The van der Waals surface area contributed by atoms with Crippen LogP contribution in [0.5, 0.6) is 5.75 Å². The fraction of sp³-hybridized carbons (Fsp3) is 0.300. The molecule has 1 rings (SSSR count). The van der Waals surface area contributed by atoms with Gasteiger partial charge in [0.25, 0.3) is 0 Å². The van der Waals surface area contributed by atoms with Gasteiger partial charge in [0.2, 0.25) is 0 Å². The molecule has 1 aromatic rings. The Kier molecular flexibility index (Phi) is 3.80. The quantitative estimate of drug-likeness (QED) is 0.676. The molecule has 0 aliphatic rings. The van der Waals surface area contributed by atoms with Gasteiger partial charge in [-0.1, -0.05) is 11.8 Å². The molecule has 0 radical (unpaired) electrons. The van der Waals surface area contributed by atoms with E-state index in [9.17, 15) is 0 Å². The summed E-state index contributed by atoms with van der Waals surface area (Å²) in [5.74, 6) is 6.22. The van der Waals surface area contributed by atoms with Crippen molar-refractivity contribution in [3.63, 3.8) is 0 Å². The molecule has 0 spiro atoms. The minimum absolute atomic E-state index is 0.363. The molecule has 0 unspecified atom stereocenters. The smallest absolute Gasteiger partial charge is 0.149 e. The minimum atomic E-state index is 0.363. The summed E-state index contributed by atoms with van der Waals surface area (Å²) in [6.45, 7) is 2.66. The maximum atomic E-state index is 5.27. The largest absolute Gasteiger partial charge is 0.479 e. The predicted molar refractivity (Wildman–Crippen MR) is 51.3 cm³/mol. The molecule has 0 aliphatic carbocycles. The van der Waals surface area contributed by atoms with Gasteiger partial charge in [0, 0.05) is 5.69 Å². The second-order valence-electron chi connectivity index (χ2n) is 2.48. The van der Waals surface area contributed by atoms with Gasteiger partial charge in [-0.15, -0.1) is 0 Å². The average Bonchev–Trinajstić information content (AvgIpc) is 2.15. The maximum absolute atomic E-state index is 5.27. The van der Waals surface area contributed by atoms with Crippen LogP contribution in [0.15, 0.2) is 18.3 Å². The van der Waals surface area contributed by atoms with Crippen molar-refractivity contribution in [2.24, 2.45) is 5.73 Å². The number of nitrogens with zero attached hydrogens (tertiary/aromatic N) is 1. The standard InChI is InChI=1S/C10H12N2O/c1-9-4-5-10(8-12-9)13-7-3-2-6-11/h4-5,8H,6-7,11H2,1H3. The van der Waals surface area contributed by atoms with Crippen molar-refractivity contribution in [2.75, 3.05) is 13.2 Å². The molecule has 1 aromatic heterocycles. The van der Waals surface area contributed by atoms with Crippen LogP contribution in [0.3, 0.4) is 0 Å². The highest BCUT2D eigenvalue weighted by Crippen LogP contribution is 2.07. The van der Waals surface area contributed by atoms with E-state index in [-0.39, 0.29) is 0 Å². The summed E-state index contributed by atoms with van der Waals surface area (Å²) in [5, 5.41) is 0. The fourth-order valence-electron chi connectivity index (χ4n) is 0.782. The highest BCUT2D eigenvalue weighted by Gasteiger charge is 1.90. The van der Waals surface area contributed by atoms with Gasteiger partial charge in [-0.2, -0.15) is 0 Å². The molecule has 13 heavy (non-hydrogen) atoms. The molecule has 0 saturated heterocycles. The van der Waals surface area contributed by atoms with Gasteiger partial charge in [0.15, 0.2) is 0 Å². The van der Waals surface area contributed by atoms with Crippen LogP contribution in [0.4, 0.5) is 0 Å². The van der Waals surface area contributed by atoms with Gasteiger partial charge in [-0.25, -0.2) is 0 Å². The van der Waals surface area contributed by atoms with Crippen LogP contribution >= 0.6 is 0 Å². The van der Waals surface area contributed by atoms with Crippen LogP contribution in [0, 0.1) is 18.8 Å². The first-order valence-corrected chi connectivity index (χ1v) is 4.04. The molecule has 0 bridgehead atoms. The fourth-order valence-corrected chi connectivity index (χ4v) is 0.782. The third-order valence-electron chi connectivity index (χ3n) is 1.42. The van der Waals surface area contributed by atoms with Gasteiger partial charge >= 0.3 is 0 Å². The highest BCUT2D eigenvalue weighted by molar-refractivity contribution is 5.19. The molecule has 0 amide bonds. The number of hydrogen-bond acceptors (Lipinski definition) is 3. The lowest BCUT2D eigenvalue weighted by Crippen LogP contribution is -1.97. The molecule has 3 nitrogen and oxygen atoms in total. The number of rotatable bonds is 2. The third-order valence-corrected chi connectivity index (χ3v) is 1.42. The van der Waals surface area contributed by atoms with Crippen molar-refractivity contribution in [2.45, 2.75) is 6.92 Å². The molecule has 0 atom stereocenters. The van der Waals surface area contributed by atoms with E-state index in [0.717, 1.165) is 11.4 Å². The number of aryl methyl sites for hydroxylation is 1. The van der Waals surface area contributed by atoms with Crippen molar-refractivity contribution in [3.8, 4) is 17.6 Å². The Bertz CT molecular complexity index is 308. The average molecular weight is 176 g/mol. The maximum Gasteiger partial charge on any atom is 0.149 e. The zero-order valence-electron chi connectivity index (χ0n) is 7.58. The van der Waals surface area contributed by atoms with Crippen molar-refractivity contribution in [1.82, 2.24) is 4.98 Å².